The first kappa shape index (κ1) is 7.41. The van der Waals surface area contributed by atoms with Gasteiger partial charge in [-0.1, -0.05) is 30.4 Å². The molecule has 2 aliphatic rings. The molecule has 0 aromatic rings. The van der Waals surface area contributed by atoms with Crippen LogP contribution in [0.2, 0.25) is 0 Å². The number of hydrogen-bond donors (Lipinski definition) is 0. The Morgan fingerprint density at radius 1 is 1.08 bits per heavy atom. The van der Waals surface area contributed by atoms with Crippen LogP contribution in [0, 0.1) is 0 Å². The van der Waals surface area contributed by atoms with Gasteiger partial charge in [-0.25, -0.2) is 0 Å². The molecular formula is C11H12O. The van der Waals surface area contributed by atoms with Crippen LogP contribution in [0.25, 0.3) is 0 Å². The van der Waals surface area contributed by atoms with Gasteiger partial charge in [0.1, 0.15) is 5.76 Å². The zero-order valence-electron chi connectivity index (χ0n) is 6.99. The number of ether oxygens (including phenoxy) is 1. The normalized spacial score (nSPS) is 28.3. The molecule has 0 aromatic heterocycles. The maximum absolute atomic E-state index is 5.58. The van der Waals surface area contributed by atoms with Gasteiger partial charge in [-0.3, -0.25) is 0 Å². The van der Waals surface area contributed by atoms with Gasteiger partial charge in [-0.15, -0.1) is 0 Å². The van der Waals surface area contributed by atoms with E-state index in [1.165, 1.54) is 5.57 Å². The van der Waals surface area contributed by atoms with Gasteiger partial charge in [0.2, 0.25) is 0 Å². The van der Waals surface area contributed by atoms with Crippen molar-refractivity contribution in [1.29, 1.82) is 0 Å². The van der Waals surface area contributed by atoms with E-state index in [0.717, 1.165) is 25.2 Å². The molecule has 0 spiro atoms. The molecule has 12 heavy (non-hydrogen) atoms. The fourth-order valence-electron chi connectivity index (χ4n) is 1.37. The van der Waals surface area contributed by atoms with Crippen LogP contribution < -0.4 is 0 Å². The third kappa shape index (κ3) is 1.50. The smallest absolute Gasteiger partial charge is 0.122 e. The summed E-state index contributed by atoms with van der Waals surface area (Å²) in [5, 5.41) is 0. The van der Waals surface area contributed by atoms with Crippen LogP contribution in [0.15, 0.2) is 47.8 Å². The highest BCUT2D eigenvalue weighted by molar-refractivity contribution is 5.37. The summed E-state index contributed by atoms with van der Waals surface area (Å²) in [7, 11) is 0. The lowest BCUT2D eigenvalue weighted by atomic mass is 10.0. The first-order chi connectivity index (χ1) is 5.97. The fourth-order valence-corrected chi connectivity index (χ4v) is 1.37. The highest BCUT2D eigenvalue weighted by Crippen LogP contribution is 2.21. The molecule has 2 rings (SSSR count). The zero-order chi connectivity index (χ0) is 8.23. The molecule has 0 atom stereocenters. The lowest BCUT2D eigenvalue weighted by Gasteiger charge is -2.15. The highest BCUT2D eigenvalue weighted by Gasteiger charge is 2.07. The SMILES string of the molecule is C1=CC/C2=C/C=C\CCOC2=C1. The number of rotatable bonds is 0. The summed E-state index contributed by atoms with van der Waals surface area (Å²) < 4.78 is 5.58. The van der Waals surface area contributed by atoms with Crippen molar-refractivity contribution >= 4 is 0 Å². The predicted molar refractivity (Wildman–Crippen MR) is 49.6 cm³/mol. The Hall–Kier alpha value is -1.24. The summed E-state index contributed by atoms with van der Waals surface area (Å²) >= 11 is 0. The van der Waals surface area contributed by atoms with Crippen LogP contribution in [0.5, 0.6) is 0 Å². The van der Waals surface area contributed by atoms with Gasteiger partial charge >= 0.3 is 0 Å². The molecule has 0 aromatic carbocycles. The van der Waals surface area contributed by atoms with Gasteiger partial charge in [0.05, 0.1) is 6.61 Å². The quantitative estimate of drug-likeness (QED) is 0.529. The predicted octanol–water partition coefficient (Wildman–Crippen LogP) is 2.73. The minimum absolute atomic E-state index is 0.799. The van der Waals surface area contributed by atoms with Gasteiger partial charge in [0.15, 0.2) is 0 Å². The molecule has 0 unspecified atom stereocenters. The number of fused-ring (bicyclic) bond motifs is 1. The van der Waals surface area contributed by atoms with Crippen molar-refractivity contribution in [3.05, 3.63) is 47.8 Å². The van der Waals surface area contributed by atoms with E-state index in [9.17, 15) is 0 Å². The average Bonchev–Trinajstić information content (AvgIpc) is 2.06. The fraction of sp³-hybridized carbons (Fsp3) is 0.273. The van der Waals surface area contributed by atoms with E-state index in [2.05, 4.69) is 30.4 Å². The largest absolute Gasteiger partial charge is 0.493 e. The summed E-state index contributed by atoms with van der Waals surface area (Å²) in [4.78, 5) is 0. The third-order valence-electron chi connectivity index (χ3n) is 2.01. The molecular weight excluding hydrogens is 148 g/mol. The van der Waals surface area contributed by atoms with E-state index in [0.29, 0.717) is 0 Å². The summed E-state index contributed by atoms with van der Waals surface area (Å²) in [6.07, 6.45) is 14.6. The Bertz CT molecular complexity index is 279. The molecule has 0 N–H and O–H groups in total. The molecule has 0 radical (unpaired) electrons. The van der Waals surface area contributed by atoms with Crippen LogP contribution in [0.3, 0.4) is 0 Å². The van der Waals surface area contributed by atoms with Crippen LogP contribution in [0.1, 0.15) is 12.8 Å². The maximum Gasteiger partial charge on any atom is 0.122 e. The minimum atomic E-state index is 0.799. The van der Waals surface area contributed by atoms with E-state index in [4.69, 9.17) is 4.74 Å². The first-order valence-electron chi connectivity index (χ1n) is 4.32. The van der Waals surface area contributed by atoms with Crippen molar-refractivity contribution in [2.75, 3.05) is 6.61 Å². The van der Waals surface area contributed by atoms with Crippen molar-refractivity contribution in [1.82, 2.24) is 0 Å². The Balaban J connectivity index is 2.28. The number of allylic oxidation sites excluding steroid dienone is 6. The molecule has 0 fully saturated rings. The van der Waals surface area contributed by atoms with Crippen LogP contribution in [-0.2, 0) is 4.74 Å². The summed E-state index contributed by atoms with van der Waals surface area (Å²) in [6, 6.07) is 0. The van der Waals surface area contributed by atoms with E-state index in [-0.39, 0.29) is 0 Å². The molecule has 1 aliphatic heterocycles. The number of hydrogen-bond acceptors (Lipinski definition) is 1. The lowest BCUT2D eigenvalue weighted by molar-refractivity contribution is 0.223. The maximum atomic E-state index is 5.58. The molecule has 0 bridgehead atoms. The minimum Gasteiger partial charge on any atom is -0.493 e. The monoisotopic (exact) mass is 160 g/mol. The van der Waals surface area contributed by atoms with E-state index < -0.39 is 0 Å². The molecule has 1 heterocycles. The molecule has 0 saturated carbocycles. The molecule has 0 saturated heterocycles. The van der Waals surface area contributed by atoms with E-state index >= 15 is 0 Å². The highest BCUT2D eigenvalue weighted by atomic mass is 16.5. The van der Waals surface area contributed by atoms with Crippen LogP contribution in [0.4, 0.5) is 0 Å². The van der Waals surface area contributed by atoms with Gasteiger partial charge < -0.3 is 4.74 Å². The second-order valence-electron chi connectivity index (χ2n) is 2.92. The summed E-state index contributed by atoms with van der Waals surface area (Å²) in [5.41, 5.74) is 1.29. The Morgan fingerprint density at radius 2 is 2.00 bits per heavy atom. The van der Waals surface area contributed by atoms with Gasteiger partial charge in [-0.2, -0.15) is 0 Å². The molecule has 0 amide bonds. The molecule has 1 aliphatic carbocycles. The Kier molecular flexibility index (Phi) is 2.12. The summed E-state index contributed by atoms with van der Waals surface area (Å²) in [6.45, 7) is 0.799. The zero-order valence-corrected chi connectivity index (χ0v) is 6.99. The standard InChI is InChI=1S/C11H12O/c1-2-6-10-7-3-4-8-11(10)12-9-5-1/h1-4,6,8H,5,7,9H2/b2-1-,10-6-. The van der Waals surface area contributed by atoms with E-state index in [1.54, 1.807) is 0 Å². The van der Waals surface area contributed by atoms with Crippen LogP contribution in [-0.4, -0.2) is 6.61 Å². The van der Waals surface area contributed by atoms with Crippen molar-refractivity contribution in [2.24, 2.45) is 0 Å². The Morgan fingerprint density at radius 3 is 3.00 bits per heavy atom. The average molecular weight is 160 g/mol. The molecule has 1 nitrogen and oxygen atoms in total. The van der Waals surface area contributed by atoms with Gasteiger partial charge in [0, 0.05) is 0 Å². The lowest BCUT2D eigenvalue weighted by Crippen LogP contribution is -2.01. The molecule has 62 valence electrons. The second-order valence-corrected chi connectivity index (χ2v) is 2.92. The van der Waals surface area contributed by atoms with E-state index in [1.807, 2.05) is 6.08 Å². The van der Waals surface area contributed by atoms with Crippen molar-refractivity contribution < 1.29 is 4.74 Å². The topological polar surface area (TPSA) is 9.23 Å². The van der Waals surface area contributed by atoms with Crippen molar-refractivity contribution in [3.63, 3.8) is 0 Å². The second kappa shape index (κ2) is 3.44. The van der Waals surface area contributed by atoms with Gasteiger partial charge in [-0.05, 0) is 24.5 Å². The Labute approximate surface area is 72.7 Å². The summed E-state index contributed by atoms with van der Waals surface area (Å²) in [5.74, 6) is 1.04. The van der Waals surface area contributed by atoms with Crippen LogP contribution >= 0.6 is 0 Å². The molecule has 1 heteroatoms. The third-order valence-corrected chi connectivity index (χ3v) is 2.01. The first-order valence-corrected chi connectivity index (χ1v) is 4.32. The van der Waals surface area contributed by atoms with Crippen molar-refractivity contribution in [2.45, 2.75) is 12.8 Å². The van der Waals surface area contributed by atoms with Crippen molar-refractivity contribution in [3.8, 4) is 0 Å². The van der Waals surface area contributed by atoms with Gasteiger partial charge in [0.25, 0.3) is 0 Å².